The van der Waals surface area contributed by atoms with Crippen molar-refractivity contribution >= 4 is 0 Å². The van der Waals surface area contributed by atoms with E-state index >= 15 is 0 Å². The van der Waals surface area contributed by atoms with Crippen LogP contribution in [0.1, 0.15) is 23.0 Å². The van der Waals surface area contributed by atoms with Crippen molar-refractivity contribution in [1.29, 1.82) is 0 Å². The SMILES string of the molecule is Cc1cc(F)ccc1CC(NN)c1ncn[nH]1. The van der Waals surface area contributed by atoms with Crippen LogP contribution in [0.15, 0.2) is 24.5 Å². The van der Waals surface area contributed by atoms with E-state index in [0.29, 0.717) is 12.2 Å². The number of nitrogens with one attached hydrogen (secondary N) is 2. The summed E-state index contributed by atoms with van der Waals surface area (Å²) >= 11 is 0. The van der Waals surface area contributed by atoms with Gasteiger partial charge in [-0.1, -0.05) is 6.07 Å². The molecular weight excluding hydrogens is 221 g/mol. The van der Waals surface area contributed by atoms with Gasteiger partial charge in [0.05, 0.1) is 6.04 Å². The van der Waals surface area contributed by atoms with Crippen molar-refractivity contribution in [3.8, 4) is 0 Å². The number of aryl methyl sites for hydroxylation is 1. The summed E-state index contributed by atoms with van der Waals surface area (Å²) < 4.78 is 13.0. The number of halogens is 1. The largest absolute Gasteiger partial charge is 0.271 e. The third-order valence-corrected chi connectivity index (χ3v) is 2.69. The second kappa shape index (κ2) is 5.03. The van der Waals surface area contributed by atoms with Crippen molar-refractivity contribution in [2.75, 3.05) is 0 Å². The Morgan fingerprint density at radius 2 is 2.35 bits per heavy atom. The van der Waals surface area contributed by atoms with Crippen molar-refractivity contribution < 1.29 is 4.39 Å². The third-order valence-electron chi connectivity index (χ3n) is 2.69. The van der Waals surface area contributed by atoms with E-state index in [4.69, 9.17) is 5.84 Å². The highest BCUT2D eigenvalue weighted by Gasteiger charge is 2.14. The number of rotatable bonds is 4. The number of benzene rings is 1. The number of hydrogen-bond acceptors (Lipinski definition) is 4. The zero-order chi connectivity index (χ0) is 12.3. The lowest BCUT2D eigenvalue weighted by atomic mass is 10.0. The average molecular weight is 235 g/mol. The van der Waals surface area contributed by atoms with Gasteiger partial charge in [0.2, 0.25) is 0 Å². The van der Waals surface area contributed by atoms with Crippen LogP contribution in [0.2, 0.25) is 0 Å². The summed E-state index contributed by atoms with van der Waals surface area (Å²) in [5.41, 5.74) is 4.58. The van der Waals surface area contributed by atoms with E-state index in [1.807, 2.05) is 6.92 Å². The van der Waals surface area contributed by atoms with Crippen LogP contribution < -0.4 is 11.3 Å². The fraction of sp³-hybridized carbons (Fsp3) is 0.273. The molecule has 0 saturated carbocycles. The van der Waals surface area contributed by atoms with Crippen molar-refractivity contribution in [3.63, 3.8) is 0 Å². The van der Waals surface area contributed by atoms with Crippen LogP contribution in [0.3, 0.4) is 0 Å². The van der Waals surface area contributed by atoms with E-state index in [9.17, 15) is 4.39 Å². The number of hydrogen-bond donors (Lipinski definition) is 3. The first-order valence-electron chi connectivity index (χ1n) is 5.27. The molecule has 1 unspecified atom stereocenters. The molecule has 1 heterocycles. The first-order valence-corrected chi connectivity index (χ1v) is 5.27. The van der Waals surface area contributed by atoms with Gasteiger partial charge in [-0.05, 0) is 36.6 Å². The summed E-state index contributed by atoms with van der Waals surface area (Å²) in [6.07, 6.45) is 2.05. The Hall–Kier alpha value is -1.79. The number of aromatic nitrogens is 3. The van der Waals surface area contributed by atoms with Crippen molar-refractivity contribution in [3.05, 3.63) is 47.3 Å². The van der Waals surface area contributed by atoms with Gasteiger partial charge in [-0.15, -0.1) is 0 Å². The third kappa shape index (κ3) is 2.66. The lowest BCUT2D eigenvalue weighted by Crippen LogP contribution is -2.30. The van der Waals surface area contributed by atoms with E-state index in [2.05, 4.69) is 20.6 Å². The molecule has 90 valence electrons. The highest BCUT2D eigenvalue weighted by molar-refractivity contribution is 5.27. The number of aromatic amines is 1. The van der Waals surface area contributed by atoms with Gasteiger partial charge >= 0.3 is 0 Å². The van der Waals surface area contributed by atoms with Crippen molar-refractivity contribution in [2.24, 2.45) is 5.84 Å². The van der Waals surface area contributed by atoms with Gasteiger partial charge in [0.1, 0.15) is 18.0 Å². The number of H-pyrrole nitrogens is 1. The molecule has 0 radical (unpaired) electrons. The molecule has 5 nitrogen and oxygen atoms in total. The Morgan fingerprint density at radius 3 is 2.94 bits per heavy atom. The highest BCUT2D eigenvalue weighted by atomic mass is 19.1. The highest BCUT2D eigenvalue weighted by Crippen LogP contribution is 2.17. The van der Waals surface area contributed by atoms with Gasteiger partial charge in [-0.25, -0.2) is 14.8 Å². The molecule has 0 saturated heterocycles. The van der Waals surface area contributed by atoms with Crippen LogP contribution in [-0.2, 0) is 6.42 Å². The van der Waals surface area contributed by atoms with Gasteiger partial charge in [0.15, 0.2) is 0 Å². The molecule has 0 aliphatic heterocycles. The lowest BCUT2D eigenvalue weighted by Gasteiger charge is -2.14. The fourth-order valence-corrected chi connectivity index (χ4v) is 1.73. The second-order valence-corrected chi connectivity index (χ2v) is 3.86. The van der Waals surface area contributed by atoms with E-state index in [0.717, 1.165) is 11.1 Å². The number of nitrogens with two attached hydrogens (primary N) is 1. The maximum Gasteiger partial charge on any atom is 0.143 e. The normalized spacial score (nSPS) is 12.6. The van der Waals surface area contributed by atoms with Gasteiger partial charge in [0, 0.05) is 0 Å². The Kier molecular flexibility index (Phi) is 3.46. The molecule has 4 N–H and O–H groups in total. The predicted molar refractivity (Wildman–Crippen MR) is 61.3 cm³/mol. The first-order chi connectivity index (χ1) is 8.20. The molecule has 2 aromatic rings. The van der Waals surface area contributed by atoms with E-state index in [1.165, 1.54) is 18.5 Å². The summed E-state index contributed by atoms with van der Waals surface area (Å²) in [6, 6.07) is 4.53. The minimum Gasteiger partial charge on any atom is -0.271 e. The zero-order valence-electron chi connectivity index (χ0n) is 9.44. The molecule has 0 bridgehead atoms. The smallest absolute Gasteiger partial charge is 0.143 e. The second-order valence-electron chi connectivity index (χ2n) is 3.86. The fourth-order valence-electron chi connectivity index (χ4n) is 1.73. The van der Waals surface area contributed by atoms with Crippen molar-refractivity contribution in [1.82, 2.24) is 20.6 Å². The summed E-state index contributed by atoms with van der Waals surface area (Å²) in [5, 5.41) is 6.54. The minimum absolute atomic E-state index is 0.165. The van der Waals surface area contributed by atoms with E-state index < -0.39 is 0 Å². The molecule has 2 rings (SSSR count). The molecule has 6 heteroatoms. The van der Waals surface area contributed by atoms with E-state index in [-0.39, 0.29) is 11.9 Å². The molecule has 0 aliphatic carbocycles. The van der Waals surface area contributed by atoms with Crippen LogP contribution in [0.5, 0.6) is 0 Å². The quantitative estimate of drug-likeness (QED) is 0.545. The topological polar surface area (TPSA) is 79.6 Å². The molecule has 0 spiro atoms. The van der Waals surface area contributed by atoms with Gasteiger partial charge in [0.25, 0.3) is 0 Å². The van der Waals surface area contributed by atoms with Gasteiger partial charge < -0.3 is 0 Å². The maximum absolute atomic E-state index is 13.0. The summed E-state index contributed by atoms with van der Waals surface area (Å²) in [6.45, 7) is 1.87. The molecule has 1 aromatic heterocycles. The Bertz CT molecular complexity index is 483. The standard InChI is InChI=1S/C11H14FN5/c1-7-4-9(12)3-2-8(7)5-10(16-13)11-14-6-15-17-11/h2-4,6,10,16H,5,13H2,1H3,(H,14,15,17). The van der Waals surface area contributed by atoms with E-state index in [1.54, 1.807) is 6.07 Å². The monoisotopic (exact) mass is 235 g/mol. The number of nitrogens with zero attached hydrogens (tertiary/aromatic N) is 2. The van der Waals surface area contributed by atoms with Crippen molar-refractivity contribution in [2.45, 2.75) is 19.4 Å². The average Bonchev–Trinajstić information content (AvgIpc) is 2.81. The van der Waals surface area contributed by atoms with Gasteiger partial charge in [-0.2, -0.15) is 5.10 Å². The Labute approximate surface area is 98.2 Å². The predicted octanol–water partition coefficient (Wildman–Crippen LogP) is 0.999. The number of hydrazine groups is 1. The Morgan fingerprint density at radius 1 is 1.53 bits per heavy atom. The van der Waals surface area contributed by atoms with Gasteiger partial charge in [-0.3, -0.25) is 10.9 Å². The summed E-state index contributed by atoms with van der Waals surface area (Å²) in [4.78, 5) is 4.05. The van der Waals surface area contributed by atoms with Crippen LogP contribution in [-0.4, -0.2) is 15.2 Å². The molecule has 0 amide bonds. The van der Waals surface area contributed by atoms with Crippen LogP contribution >= 0.6 is 0 Å². The van der Waals surface area contributed by atoms with Crippen LogP contribution in [0, 0.1) is 12.7 Å². The minimum atomic E-state index is -0.233. The maximum atomic E-state index is 13.0. The van der Waals surface area contributed by atoms with Crippen LogP contribution in [0.25, 0.3) is 0 Å². The molecule has 1 atom stereocenters. The lowest BCUT2D eigenvalue weighted by molar-refractivity contribution is 0.523. The van der Waals surface area contributed by atoms with Crippen LogP contribution in [0.4, 0.5) is 4.39 Å². The first kappa shape index (κ1) is 11.7. The summed E-state index contributed by atoms with van der Waals surface area (Å²) in [5.74, 6) is 5.91. The summed E-state index contributed by atoms with van der Waals surface area (Å²) in [7, 11) is 0. The molecule has 1 aromatic carbocycles. The Balaban J connectivity index is 2.19. The molecular formula is C11H14FN5. The zero-order valence-corrected chi connectivity index (χ0v) is 9.44. The molecule has 0 aliphatic rings. The molecule has 0 fully saturated rings. The molecule has 17 heavy (non-hydrogen) atoms.